The van der Waals surface area contributed by atoms with Crippen LogP contribution in [-0.2, 0) is 0 Å². The van der Waals surface area contributed by atoms with Gasteiger partial charge in [0.05, 0.1) is 5.35 Å². The highest BCUT2D eigenvalue weighted by molar-refractivity contribution is 5.77. The van der Waals surface area contributed by atoms with Crippen LogP contribution in [0, 0.1) is 6.92 Å². The molecule has 0 bridgehead atoms. The number of aryl methyl sites for hydroxylation is 1. The molecule has 2 aromatic rings. The van der Waals surface area contributed by atoms with Gasteiger partial charge in [0.2, 0.25) is 0 Å². The summed E-state index contributed by atoms with van der Waals surface area (Å²) in [4.78, 5) is 13.1. The van der Waals surface area contributed by atoms with Crippen LogP contribution < -0.4 is 16.3 Å². The molecular formula is C19H24N4. The summed E-state index contributed by atoms with van der Waals surface area (Å²) in [6.07, 6.45) is 8.45. The number of hydrogen-bond acceptors (Lipinski definition) is 4. The zero-order valence-corrected chi connectivity index (χ0v) is 14.1. The number of hydrogen-bond donors (Lipinski definition) is 1. The summed E-state index contributed by atoms with van der Waals surface area (Å²) in [5, 5.41) is 1.75. The van der Waals surface area contributed by atoms with Gasteiger partial charge in [-0.15, -0.1) is 0 Å². The Kier molecular flexibility index (Phi) is 5.63. The van der Waals surface area contributed by atoms with Gasteiger partial charge in [-0.25, -0.2) is 9.97 Å². The van der Waals surface area contributed by atoms with Crippen LogP contribution in [0.2, 0.25) is 0 Å². The molecule has 0 unspecified atom stereocenters. The first-order valence-electron chi connectivity index (χ1n) is 8.01. The lowest BCUT2D eigenvalue weighted by molar-refractivity contribution is 0.927. The molecule has 0 aliphatic heterocycles. The molecule has 0 atom stereocenters. The molecule has 2 heterocycles. The van der Waals surface area contributed by atoms with Crippen LogP contribution >= 0.6 is 0 Å². The molecule has 4 nitrogen and oxygen atoms in total. The zero-order chi connectivity index (χ0) is 16.8. The lowest BCUT2D eigenvalue weighted by Crippen LogP contribution is -2.36. The van der Waals surface area contributed by atoms with Crippen molar-refractivity contribution in [2.75, 3.05) is 5.73 Å². The average molecular weight is 308 g/mol. The van der Waals surface area contributed by atoms with Crippen LogP contribution in [0.3, 0.4) is 0 Å². The number of nitrogen functional groups attached to an aromatic ring is 1. The fourth-order valence-corrected chi connectivity index (χ4v) is 2.65. The van der Waals surface area contributed by atoms with E-state index < -0.39 is 0 Å². The third-order valence-electron chi connectivity index (χ3n) is 3.61. The number of allylic oxidation sites excluding steroid dienone is 1. The maximum Gasteiger partial charge on any atom is 0.134 e. The monoisotopic (exact) mass is 308 g/mol. The minimum Gasteiger partial charge on any atom is -0.383 e. The summed E-state index contributed by atoms with van der Waals surface area (Å²) in [5.41, 5.74) is 9.31. The largest absolute Gasteiger partial charge is 0.383 e. The molecule has 0 spiro atoms. The van der Waals surface area contributed by atoms with E-state index in [0.29, 0.717) is 11.6 Å². The van der Waals surface area contributed by atoms with E-state index in [0.717, 1.165) is 46.5 Å². The van der Waals surface area contributed by atoms with E-state index in [9.17, 15) is 0 Å². The van der Waals surface area contributed by atoms with Crippen molar-refractivity contribution < 1.29 is 0 Å². The van der Waals surface area contributed by atoms with Crippen LogP contribution in [0.1, 0.15) is 44.5 Å². The Labute approximate surface area is 137 Å². The second kappa shape index (κ2) is 7.68. The first-order chi connectivity index (χ1) is 11.1. The van der Waals surface area contributed by atoms with Crippen molar-refractivity contribution in [1.29, 1.82) is 0 Å². The molecule has 2 aromatic heterocycles. The van der Waals surface area contributed by atoms with Gasteiger partial charge < -0.3 is 5.73 Å². The molecule has 0 saturated heterocycles. The molecule has 0 aliphatic carbocycles. The molecule has 4 heteroatoms. The van der Waals surface area contributed by atoms with Crippen LogP contribution in [-0.4, -0.2) is 15.0 Å². The summed E-state index contributed by atoms with van der Waals surface area (Å²) in [7, 11) is 0. The van der Waals surface area contributed by atoms with Gasteiger partial charge in [-0.2, -0.15) is 0 Å². The molecule has 0 fully saturated rings. The predicted molar refractivity (Wildman–Crippen MR) is 96.0 cm³/mol. The highest BCUT2D eigenvalue weighted by Gasteiger charge is 2.11. The number of aromatic nitrogens is 3. The van der Waals surface area contributed by atoms with E-state index >= 15 is 0 Å². The smallest absolute Gasteiger partial charge is 0.134 e. The van der Waals surface area contributed by atoms with E-state index in [2.05, 4.69) is 36.5 Å². The minimum atomic E-state index is 0.519. The Morgan fingerprint density at radius 2 is 1.91 bits per heavy atom. The highest BCUT2D eigenvalue weighted by Crippen LogP contribution is 2.21. The first-order valence-corrected chi connectivity index (χ1v) is 8.01. The number of anilines is 1. The third-order valence-corrected chi connectivity index (χ3v) is 3.61. The van der Waals surface area contributed by atoms with Crippen molar-refractivity contribution in [1.82, 2.24) is 15.0 Å². The van der Waals surface area contributed by atoms with Gasteiger partial charge in [0.1, 0.15) is 11.6 Å². The van der Waals surface area contributed by atoms with Gasteiger partial charge in [-0.3, -0.25) is 4.98 Å². The average Bonchev–Trinajstić information content (AvgIpc) is 2.52. The van der Waals surface area contributed by atoms with E-state index in [1.54, 1.807) is 12.4 Å². The maximum atomic E-state index is 6.16. The van der Waals surface area contributed by atoms with Crippen LogP contribution in [0.15, 0.2) is 36.7 Å². The van der Waals surface area contributed by atoms with Crippen molar-refractivity contribution in [2.45, 2.75) is 40.0 Å². The molecule has 2 N–H and O–H groups in total. The second-order valence-corrected chi connectivity index (χ2v) is 5.50. The van der Waals surface area contributed by atoms with Crippen LogP contribution in [0.5, 0.6) is 0 Å². The van der Waals surface area contributed by atoms with E-state index in [-0.39, 0.29) is 0 Å². The zero-order valence-electron chi connectivity index (χ0n) is 14.1. The maximum absolute atomic E-state index is 6.16. The van der Waals surface area contributed by atoms with Crippen LogP contribution in [0.4, 0.5) is 5.82 Å². The van der Waals surface area contributed by atoms with Gasteiger partial charge in [-0.05, 0) is 43.0 Å². The van der Waals surface area contributed by atoms with E-state index in [4.69, 9.17) is 10.7 Å². The fourth-order valence-electron chi connectivity index (χ4n) is 2.65. The Bertz CT molecular complexity index is 807. The molecule has 0 radical (unpaired) electrons. The quantitative estimate of drug-likeness (QED) is 0.922. The molecule has 120 valence electrons. The SMILES string of the molecule is C=C(CCC)/C(c1ccncc1)=c1/nc(C)nc(N)/c1=C/CC. The van der Waals surface area contributed by atoms with Crippen molar-refractivity contribution in [2.24, 2.45) is 0 Å². The lowest BCUT2D eigenvalue weighted by Gasteiger charge is -2.12. The number of nitrogens with zero attached hydrogens (tertiary/aromatic N) is 3. The molecular weight excluding hydrogens is 284 g/mol. The van der Waals surface area contributed by atoms with Gasteiger partial charge in [0.15, 0.2) is 0 Å². The molecule has 0 saturated carbocycles. The Balaban J connectivity index is 2.95. The van der Waals surface area contributed by atoms with Crippen molar-refractivity contribution in [3.05, 3.63) is 58.6 Å². The summed E-state index contributed by atoms with van der Waals surface area (Å²) >= 11 is 0. The summed E-state index contributed by atoms with van der Waals surface area (Å²) < 4.78 is 0. The Hall–Kier alpha value is -2.49. The fraction of sp³-hybridized carbons (Fsp3) is 0.316. The number of nitrogens with two attached hydrogens (primary N) is 1. The van der Waals surface area contributed by atoms with Crippen LogP contribution in [0.25, 0.3) is 11.6 Å². The van der Waals surface area contributed by atoms with Crippen molar-refractivity contribution in [3.63, 3.8) is 0 Å². The van der Waals surface area contributed by atoms with Gasteiger partial charge in [0, 0.05) is 23.2 Å². The van der Waals surface area contributed by atoms with Gasteiger partial charge in [0.25, 0.3) is 0 Å². The third kappa shape index (κ3) is 3.83. The highest BCUT2D eigenvalue weighted by atomic mass is 14.9. The van der Waals surface area contributed by atoms with E-state index in [1.165, 1.54) is 0 Å². The molecule has 0 amide bonds. The molecule has 0 aliphatic rings. The number of pyridine rings is 1. The van der Waals surface area contributed by atoms with Crippen molar-refractivity contribution >= 4 is 17.5 Å². The summed E-state index contributed by atoms with van der Waals surface area (Å²) in [6, 6.07) is 3.97. The Morgan fingerprint density at radius 1 is 1.22 bits per heavy atom. The van der Waals surface area contributed by atoms with E-state index in [1.807, 2.05) is 19.1 Å². The number of rotatable bonds is 5. The second-order valence-electron chi connectivity index (χ2n) is 5.50. The summed E-state index contributed by atoms with van der Waals surface area (Å²) in [5.74, 6) is 1.19. The normalized spacial score (nSPS) is 13.1. The topological polar surface area (TPSA) is 64.7 Å². The standard InChI is InChI=1S/C19H24N4/c1-5-7-13(3)17(15-9-11-21-12-10-15)18-16(8-6-2)19(20)23-14(4)22-18/h8-12H,3,5-7H2,1-2,4H3,(H2,20,22,23)/b16-8+,18-17-. The van der Waals surface area contributed by atoms with Gasteiger partial charge >= 0.3 is 0 Å². The van der Waals surface area contributed by atoms with Gasteiger partial charge in [-0.1, -0.05) is 32.9 Å². The van der Waals surface area contributed by atoms with Crippen molar-refractivity contribution in [3.8, 4) is 0 Å². The first kappa shape index (κ1) is 16.9. The summed E-state index contributed by atoms with van der Waals surface area (Å²) in [6.45, 7) is 10.4. The lowest BCUT2D eigenvalue weighted by atomic mass is 9.95. The predicted octanol–water partition coefficient (Wildman–Crippen LogP) is 2.51. The molecule has 0 aromatic carbocycles. The Morgan fingerprint density at radius 3 is 2.52 bits per heavy atom. The molecule has 23 heavy (non-hydrogen) atoms. The molecule has 2 rings (SSSR count). The minimum absolute atomic E-state index is 0.519.